The molecule has 0 aromatic heterocycles. The average Bonchev–Trinajstić information content (AvgIpc) is 2.29. The van der Waals surface area contributed by atoms with Crippen LogP contribution in [0.1, 0.15) is 58.8 Å². The van der Waals surface area contributed by atoms with Gasteiger partial charge in [0.15, 0.2) is 0 Å². The van der Waals surface area contributed by atoms with Crippen molar-refractivity contribution in [1.29, 1.82) is 0 Å². The SMILES string of the molecule is BC1CC=C(C(C)NC2CCCC(C)C2)CC1. The minimum absolute atomic E-state index is 0.609. The fraction of sp³-hybridized carbons (Fsp3) is 0.867. The standard InChI is InChI=1S/C15H28BN/c1-11-4-3-5-15(10-11)17-12(2)13-6-8-14(16)9-7-13/h6,11-12,14-15,17H,3-5,7-10,16H2,1-2H3. The zero-order valence-corrected chi connectivity index (χ0v) is 11.8. The summed E-state index contributed by atoms with van der Waals surface area (Å²) in [4.78, 5) is 0. The molecule has 1 saturated carbocycles. The summed E-state index contributed by atoms with van der Waals surface area (Å²) in [6, 6.07) is 1.38. The van der Waals surface area contributed by atoms with Gasteiger partial charge in [-0.1, -0.05) is 43.7 Å². The Morgan fingerprint density at radius 3 is 2.82 bits per heavy atom. The number of hydrogen-bond donors (Lipinski definition) is 1. The zero-order chi connectivity index (χ0) is 12.3. The maximum Gasteiger partial charge on any atom is 0.105 e. The molecule has 0 radical (unpaired) electrons. The molecule has 0 saturated heterocycles. The molecule has 1 N–H and O–H groups in total. The van der Waals surface area contributed by atoms with Gasteiger partial charge in [0.2, 0.25) is 0 Å². The Morgan fingerprint density at radius 1 is 1.35 bits per heavy atom. The summed E-state index contributed by atoms with van der Waals surface area (Å²) in [5.41, 5.74) is 1.67. The highest BCUT2D eigenvalue weighted by Crippen LogP contribution is 2.29. The predicted molar refractivity (Wildman–Crippen MR) is 78.2 cm³/mol. The van der Waals surface area contributed by atoms with Gasteiger partial charge in [-0.15, -0.1) is 0 Å². The topological polar surface area (TPSA) is 12.0 Å². The van der Waals surface area contributed by atoms with Crippen molar-refractivity contribution in [2.24, 2.45) is 5.92 Å². The van der Waals surface area contributed by atoms with Crippen LogP contribution in [0.2, 0.25) is 5.82 Å². The number of rotatable bonds is 3. The molecule has 0 aromatic rings. The quantitative estimate of drug-likeness (QED) is 0.583. The molecule has 0 aromatic carbocycles. The summed E-state index contributed by atoms with van der Waals surface area (Å²) in [5.74, 6) is 1.83. The minimum Gasteiger partial charge on any atom is -0.308 e. The van der Waals surface area contributed by atoms with Crippen molar-refractivity contribution in [3.63, 3.8) is 0 Å². The Morgan fingerprint density at radius 2 is 2.18 bits per heavy atom. The van der Waals surface area contributed by atoms with E-state index in [2.05, 4.69) is 33.1 Å². The van der Waals surface area contributed by atoms with Crippen molar-refractivity contribution >= 4 is 7.85 Å². The Labute approximate surface area is 108 Å². The largest absolute Gasteiger partial charge is 0.308 e. The molecule has 0 aliphatic heterocycles. The van der Waals surface area contributed by atoms with Crippen LogP contribution in [-0.2, 0) is 0 Å². The van der Waals surface area contributed by atoms with Gasteiger partial charge in [-0.05, 0) is 38.5 Å². The van der Waals surface area contributed by atoms with Gasteiger partial charge >= 0.3 is 0 Å². The Balaban J connectivity index is 1.82. The molecule has 0 spiro atoms. The molecule has 0 bridgehead atoms. The van der Waals surface area contributed by atoms with Crippen molar-refractivity contribution in [2.75, 3.05) is 0 Å². The van der Waals surface area contributed by atoms with Gasteiger partial charge < -0.3 is 5.32 Å². The minimum atomic E-state index is 0.609. The second-order valence-corrected chi connectivity index (χ2v) is 6.52. The maximum atomic E-state index is 3.87. The molecule has 4 atom stereocenters. The molecular formula is C15H28BN. The van der Waals surface area contributed by atoms with Gasteiger partial charge in [0, 0.05) is 12.1 Å². The van der Waals surface area contributed by atoms with E-state index in [0.29, 0.717) is 6.04 Å². The molecule has 0 amide bonds. The average molecular weight is 233 g/mol. The number of hydrogen-bond acceptors (Lipinski definition) is 1. The second kappa shape index (κ2) is 6.09. The van der Waals surface area contributed by atoms with Crippen LogP contribution in [0.25, 0.3) is 0 Å². The first-order valence-electron chi connectivity index (χ1n) is 7.60. The van der Waals surface area contributed by atoms with E-state index in [1.807, 2.05) is 0 Å². The second-order valence-electron chi connectivity index (χ2n) is 6.52. The van der Waals surface area contributed by atoms with Crippen molar-refractivity contribution in [3.05, 3.63) is 11.6 Å². The van der Waals surface area contributed by atoms with Crippen LogP contribution in [0.15, 0.2) is 11.6 Å². The molecule has 2 rings (SSSR count). The monoisotopic (exact) mass is 233 g/mol. The summed E-state index contributed by atoms with van der Waals surface area (Å²) < 4.78 is 0. The van der Waals surface area contributed by atoms with E-state index in [-0.39, 0.29) is 0 Å². The van der Waals surface area contributed by atoms with Crippen molar-refractivity contribution < 1.29 is 0 Å². The summed E-state index contributed by atoms with van der Waals surface area (Å²) in [5, 5.41) is 3.87. The lowest BCUT2D eigenvalue weighted by molar-refractivity contribution is 0.290. The fourth-order valence-electron chi connectivity index (χ4n) is 3.42. The lowest BCUT2D eigenvalue weighted by Gasteiger charge is -2.32. The fourth-order valence-corrected chi connectivity index (χ4v) is 3.42. The van der Waals surface area contributed by atoms with Crippen molar-refractivity contribution in [3.8, 4) is 0 Å². The van der Waals surface area contributed by atoms with Crippen LogP contribution < -0.4 is 5.32 Å². The summed E-state index contributed by atoms with van der Waals surface area (Å²) >= 11 is 0. The van der Waals surface area contributed by atoms with E-state index in [0.717, 1.165) is 17.8 Å². The van der Waals surface area contributed by atoms with Gasteiger partial charge in [0.1, 0.15) is 7.85 Å². The molecular weight excluding hydrogens is 205 g/mol. The van der Waals surface area contributed by atoms with Gasteiger partial charge in [-0.2, -0.15) is 0 Å². The predicted octanol–water partition coefficient (Wildman–Crippen LogP) is 3.08. The van der Waals surface area contributed by atoms with E-state index in [9.17, 15) is 0 Å². The normalized spacial score (nSPS) is 36.4. The van der Waals surface area contributed by atoms with Crippen molar-refractivity contribution in [2.45, 2.75) is 76.7 Å². The van der Waals surface area contributed by atoms with E-state index >= 15 is 0 Å². The van der Waals surface area contributed by atoms with Gasteiger partial charge in [0.05, 0.1) is 0 Å². The molecule has 1 fully saturated rings. The van der Waals surface area contributed by atoms with E-state index in [4.69, 9.17) is 0 Å². The highest BCUT2D eigenvalue weighted by Gasteiger charge is 2.22. The molecule has 17 heavy (non-hydrogen) atoms. The Bertz CT molecular complexity index is 274. The summed E-state index contributed by atoms with van der Waals surface area (Å²) in [7, 11) is 2.37. The van der Waals surface area contributed by atoms with Crippen LogP contribution in [0.4, 0.5) is 0 Å². The first-order chi connectivity index (χ1) is 8.15. The maximum absolute atomic E-state index is 3.87. The molecule has 2 aliphatic carbocycles. The third-order valence-corrected chi connectivity index (χ3v) is 4.69. The van der Waals surface area contributed by atoms with Gasteiger partial charge in [0.25, 0.3) is 0 Å². The first-order valence-corrected chi connectivity index (χ1v) is 7.60. The lowest BCUT2D eigenvalue weighted by atomic mass is 9.75. The summed E-state index contributed by atoms with van der Waals surface area (Å²) in [6.07, 6.45) is 12.1. The molecule has 4 unspecified atom stereocenters. The van der Waals surface area contributed by atoms with Crippen LogP contribution in [0, 0.1) is 5.92 Å². The zero-order valence-electron chi connectivity index (χ0n) is 11.8. The van der Waals surface area contributed by atoms with Crippen LogP contribution in [0.3, 0.4) is 0 Å². The number of allylic oxidation sites excluding steroid dienone is 1. The van der Waals surface area contributed by atoms with Crippen LogP contribution in [-0.4, -0.2) is 19.9 Å². The molecule has 0 heterocycles. The number of nitrogens with one attached hydrogen (secondary N) is 1. The van der Waals surface area contributed by atoms with E-state index in [1.54, 1.807) is 5.57 Å². The third kappa shape index (κ3) is 3.87. The van der Waals surface area contributed by atoms with Crippen LogP contribution in [0.5, 0.6) is 0 Å². The van der Waals surface area contributed by atoms with E-state index in [1.165, 1.54) is 44.9 Å². The van der Waals surface area contributed by atoms with Gasteiger partial charge in [-0.3, -0.25) is 0 Å². The molecule has 96 valence electrons. The Kier molecular flexibility index (Phi) is 4.73. The van der Waals surface area contributed by atoms with Crippen LogP contribution >= 0.6 is 0 Å². The smallest absolute Gasteiger partial charge is 0.105 e. The van der Waals surface area contributed by atoms with Crippen molar-refractivity contribution in [1.82, 2.24) is 5.32 Å². The highest BCUT2D eigenvalue weighted by atomic mass is 14.9. The molecule has 2 heteroatoms. The lowest BCUT2D eigenvalue weighted by Crippen LogP contribution is -2.40. The van der Waals surface area contributed by atoms with Gasteiger partial charge in [-0.25, -0.2) is 0 Å². The third-order valence-electron chi connectivity index (χ3n) is 4.69. The summed E-state index contributed by atoms with van der Waals surface area (Å²) in [6.45, 7) is 4.77. The molecule has 2 aliphatic rings. The highest BCUT2D eigenvalue weighted by molar-refractivity contribution is 6.11. The van der Waals surface area contributed by atoms with E-state index < -0.39 is 0 Å². The first kappa shape index (κ1) is 13.2. The Hall–Kier alpha value is -0.235. The molecule has 1 nitrogen and oxygen atoms in total.